The number of amides is 1. The van der Waals surface area contributed by atoms with Crippen molar-refractivity contribution in [3.63, 3.8) is 0 Å². The standard InChI is InChI=1S/C16H22BrNO2/c1-12-10-13(2-4-15(12)17)3-5-16(20)18-8-6-14(11-19)7-9-18/h2,4,10,14,19H,3,5-9,11H2,1H3. The molecule has 4 heteroatoms. The molecule has 0 aliphatic carbocycles. The summed E-state index contributed by atoms with van der Waals surface area (Å²) in [6, 6.07) is 6.25. The Balaban J connectivity index is 1.81. The number of aryl methyl sites for hydroxylation is 2. The quantitative estimate of drug-likeness (QED) is 0.916. The maximum atomic E-state index is 12.2. The molecule has 1 saturated heterocycles. The summed E-state index contributed by atoms with van der Waals surface area (Å²) >= 11 is 3.49. The van der Waals surface area contributed by atoms with Crippen molar-refractivity contribution in [1.29, 1.82) is 0 Å². The molecule has 1 amide bonds. The van der Waals surface area contributed by atoms with Crippen molar-refractivity contribution in [3.05, 3.63) is 33.8 Å². The number of piperidine rings is 1. The first-order valence-electron chi connectivity index (χ1n) is 7.24. The molecule has 0 saturated carbocycles. The zero-order valence-electron chi connectivity index (χ0n) is 11.9. The van der Waals surface area contributed by atoms with E-state index in [9.17, 15) is 4.79 Å². The highest BCUT2D eigenvalue weighted by Gasteiger charge is 2.21. The third kappa shape index (κ3) is 4.06. The molecule has 0 spiro atoms. The fraction of sp³-hybridized carbons (Fsp3) is 0.562. The van der Waals surface area contributed by atoms with E-state index in [1.807, 2.05) is 11.0 Å². The van der Waals surface area contributed by atoms with Gasteiger partial charge < -0.3 is 10.0 Å². The minimum Gasteiger partial charge on any atom is -0.396 e. The summed E-state index contributed by atoms with van der Waals surface area (Å²) in [7, 11) is 0. The summed E-state index contributed by atoms with van der Waals surface area (Å²) in [4.78, 5) is 14.1. The lowest BCUT2D eigenvalue weighted by Crippen LogP contribution is -2.39. The minimum atomic E-state index is 0.238. The van der Waals surface area contributed by atoms with E-state index in [2.05, 4.69) is 35.0 Å². The van der Waals surface area contributed by atoms with Crippen LogP contribution in [0.1, 0.15) is 30.4 Å². The number of rotatable bonds is 4. The second-order valence-electron chi connectivity index (χ2n) is 5.59. The average molecular weight is 340 g/mol. The average Bonchev–Trinajstić information content (AvgIpc) is 2.48. The molecule has 0 bridgehead atoms. The molecule has 1 aromatic carbocycles. The number of halogens is 1. The van der Waals surface area contributed by atoms with E-state index in [1.165, 1.54) is 11.1 Å². The van der Waals surface area contributed by atoms with E-state index in [-0.39, 0.29) is 12.5 Å². The van der Waals surface area contributed by atoms with Crippen molar-refractivity contribution < 1.29 is 9.90 Å². The molecule has 20 heavy (non-hydrogen) atoms. The predicted octanol–water partition coefficient (Wildman–Crippen LogP) is 2.92. The van der Waals surface area contributed by atoms with Gasteiger partial charge in [0.25, 0.3) is 0 Å². The Hall–Kier alpha value is -0.870. The van der Waals surface area contributed by atoms with Gasteiger partial charge in [-0.05, 0) is 49.3 Å². The highest BCUT2D eigenvalue weighted by atomic mass is 79.9. The molecule has 0 aromatic heterocycles. The first kappa shape index (κ1) is 15.5. The van der Waals surface area contributed by atoms with Gasteiger partial charge in [-0.2, -0.15) is 0 Å². The zero-order chi connectivity index (χ0) is 14.5. The van der Waals surface area contributed by atoms with Gasteiger partial charge in [0.1, 0.15) is 0 Å². The molecule has 1 fully saturated rings. The molecule has 2 rings (SSSR count). The fourth-order valence-corrected chi connectivity index (χ4v) is 2.88. The van der Waals surface area contributed by atoms with Gasteiger partial charge in [0.15, 0.2) is 0 Å². The van der Waals surface area contributed by atoms with Crippen molar-refractivity contribution in [1.82, 2.24) is 4.90 Å². The van der Waals surface area contributed by atoms with Gasteiger partial charge in [-0.25, -0.2) is 0 Å². The first-order valence-corrected chi connectivity index (χ1v) is 8.03. The summed E-state index contributed by atoms with van der Waals surface area (Å²) in [6.07, 6.45) is 3.23. The number of aliphatic hydroxyl groups excluding tert-OH is 1. The molecule has 1 N–H and O–H groups in total. The van der Waals surface area contributed by atoms with Crippen LogP contribution >= 0.6 is 15.9 Å². The summed E-state index contributed by atoms with van der Waals surface area (Å²) in [5.41, 5.74) is 2.42. The lowest BCUT2D eigenvalue weighted by atomic mass is 9.97. The smallest absolute Gasteiger partial charge is 0.222 e. The van der Waals surface area contributed by atoms with Crippen LogP contribution in [0.2, 0.25) is 0 Å². The number of carbonyl (C=O) groups is 1. The van der Waals surface area contributed by atoms with Crippen LogP contribution in [-0.4, -0.2) is 35.6 Å². The van der Waals surface area contributed by atoms with Gasteiger partial charge in [-0.3, -0.25) is 4.79 Å². The molecule has 0 unspecified atom stereocenters. The van der Waals surface area contributed by atoms with Gasteiger partial charge in [0, 0.05) is 30.6 Å². The van der Waals surface area contributed by atoms with Gasteiger partial charge in [0.2, 0.25) is 5.91 Å². The Bertz CT molecular complexity index is 468. The van der Waals surface area contributed by atoms with Crippen molar-refractivity contribution in [2.45, 2.75) is 32.6 Å². The van der Waals surface area contributed by atoms with E-state index in [0.29, 0.717) is 12.3 Å². The van der Waals surface area contributed by atoms with Gasteiger partial charge in [0.05, 0.1) is 0 Å². The van der Waals surface area contributed by atoms with Crippen molar-refractivity contribution in [2.24, 2.45) is 5.92 Å². The number of aliphatic hydroxyl groups is 1. The van der Waals surface area contributed by atoms with Crippen LogP contribution in [0.15, 0.2) is 22.7 Å². The van der Waals surface area contributed by atoms with Crippen LogP contribution < -0.4 is 0 Å². The van der Waals surface area contributed by atoms with Crippen LogP contribution in [0.25, 0.3) is 0 Å². The fourth-order valence-electron chi connectivity index (χ4n) is 2.64. The van der Waals surface area contributed by atoms with Crippen molar-refractivity contribution >= 4 is 21.8 Å². The molecule has 3 nitrogen and oxygen atoms in total. The molecular formula is C16H22BrNO2. The van der Waals surface area contributed by atoms with Crippen molar-refractivity contribution in [2.75, 3.05) is 19.7 Å². The van der Waals surface area contributed by atoms with E-state index >= 15 is 0 Å². The normalized spacial score (nSPS) is 16.4. The number of carbonyl (C=O) groups excluding carboxylic acids is 1. The van der Waals surface area contributed by atoms with E-state index < -0.39 is 0 Å². The summed E-state index contributed by atoms with van der Waals surface area (Å²) in [5, 5.41) is 9.11. The molecular weight excluding hydrogens is 318 g/mol. The predicted molar refractivity (Wildman–Crippen MR) is 83.6 cm³/mol. The second-order valence-corrected chi connectivity index (χ2v) is 6.44. The van der Waals surface area contributed by atoms with Crippen LogP contribution in [0, 0.1) is 12.8 Å². The SMILES string of the molecule is Cc1cc(CCC(=O)N2CCC(CO)CC2)ccc1Br. The molecule has 1 aliphatic rings. The minimum absolute atomic E-state index is 0.238. The molecule has 1 heterocycles. The molecule has 1 aromatic rings. The Labute approximate surface area is 129 Å². The monoisotopic (exact) mass is 339 g/mol. The number of likely N-dealkylation sites (tertiary alicyclic amines) is 1. The number of benzene rings is 1. The maximum absolute atomic E-state index is 12.2. The van der Waals surface area contributed by atoms with E-state index in [4.69, 9.17) is 5.11 Å². The third-order valence-electron chi connectivity index (χ3n) is 4.08. The van der Waals surface area contributed by atoms with Crippen LogP contribution in [0.4, 0.5) is 0 Å². The molecule has 1 aliphatic heterocycles. The first-order chi connectivity index (χ1) is 9.60. The lowest BCUT2D eigenvalue weighted by molar-refractivity contribution is -0.132. The Kier molecular flexibility index (Phi) is 5.61. The van der Waals surface area contributed by atoms with Crippen molar-refractivity contribution in [3.8, 4) is 0 Å². The number of hydrogen-bond donors (Lipinski definition) is 1. The molecule has 110 valence electrons. The van der Waals surface area contributed by atoms with Crippen LogP contribution in [0.5, 0.6) is 0 Å². The third-order valence-corrected chi connectivity index (χ3v) is 4.97. The van der Waals surface area contributed by atoms with Gasteiger partial charge in [-0.1, -0.05) is 28.1 Å². The Morgan fingerprint density at radius 3 is 2.70 bits per heavy atom. The largest absolute Gasteiger partial charge is 0.396 e. The van der Waals surface area contributed by atoms with Gasteiger partial charge in [-0.15, -0.1) is 0 Å². The number of hydrogen-bond acceptors (Lipinski definition) is 2. The molecule has 0 radical (unpaired) electrons. The number of nitrogens with zero attached hydrogens (tertiary/aromatic N) is 1. The summed E-state index contributed by atoms with van der Waals surface area (Å²) in [6.45, 7) is 3.90. The second kappa shape index (κ2) is 7.23. The highest BCUT2D eigenvalue weighted by Crippen LogP contribution is 2.20. The summed E-state index contributed by atoms with van der Waals surface area (Å²) in [5.74, 6) is 0.620. The topological polar surface area (TPSA) is 40.5 Å². The van der Waals surface area contributed by atoms with E-state index in [0.717, 1.165) is 36.8 Å². The van der Waals surface area contributed by atoms with Gasteiger partial charge >= 0.3 is 0 Å². The van der Waals surface area contributed by atoms with Crippen LogP contribution in [0.3, 0.4) is 0 Å². The Morgan fingerprint density at radius 1 is 1.40 bits per heavy atom. The zero-order valence-corrected chi connectivity index (χ0v) is 13.5. The summed E-state index contributed by atoms with van der Waals surface area (Å²) < 4.78 is 1.11. The lowest BCUT2D eigenvalue weighted by Gasteiger charge is -2.31. The Morgan fingerprint density at radius 2 is 2.10 bits per heavy atom. The van der Waals surface area contributed by atoms with E-state index in [1.54, 1.807) is 0 Å². The highest BCUT2D eigenvalue weighted by molar-refractivity contribution is 9.10. The van der Waals surface area contributed by atoms with Crippen LogP contribution in [-0.2, 0) is 11.2 Å². The maximum Gasteiger partial charge on any atom is 0.222 e. The molecule has 0 atom stereocenters.